The highest BCUT2D eigenvalue weighted by molar-refractivity contribution is 7.99. The summed E-state index contributed by atoms with van der Waals surface area (Å²) in [5.74, 6) is -0.234. The summed E-state index contributed by atoms with van der Waals surface area (Å²) in [7, 11) is 1.66. The van der Waals surface area contributed by atoms with Gasteiger partial charge in [-0.15, -0.1) is 0 Å². The van der Waals surface area contributed by atoms with E-state index in [1.54, 1.807) is 17.7 Å². The highest BCUT2D eigenvalue weighted by Crippen LogP contribution is 2.35. The van der Waals surface area contributed by atoms with Gasteiger partial charge in [0.25, 0.3) is 0 Å². The van der Waals surface area contributed by atoms with Crippen LogP contribution in [0.2, 0.25) is 0 Å². The van der Waals surface area contributed by atoms with Gasteiger partial charge in [-0.25, -0.2) is 4.98 Å². The van der Waals surface area contributed by atoms with E-state index in [2.05, 4.69) is 16.0 Å². The molecule has 8 heteroatoms. The van der Waals surface area contributed by atoms with Crippen molar-refractivity contribution >= 4 is 17.6 Å². The van der Waals surface area contributed by atoms with Crippen molar-refractivity contribution in [2.75, 3.05) is 0 Å². The smallest absolute Gasteiger partial charge is 0.358 e. The molecule has 0 saturated heterocycles. The summed E-state index contributed by atoms with van der Waals surface area (Å²) in [6, 6.07) is 3.89. The van der Waals surface area contributed by atoms with Crippen LogP contribution in [0.5, 0.6) is 0 Å². The van der Waals surface area contributed by atoms with E-state index in [1.165, 1.54) is 6.33 Å². The Morgan fingerprint density at radius 2 is 2.20 bits per heavy atom. The second kappa shape index (κ2) is 5.30. The third kappa shape index (κ3) is 2.48. The van der Waals surface area contributed by atoms with E-state index in [9.17, 15) is 15.4 Å². The van der Waals surface area contributed by atoms with Crippen molar-refractivity contribution in [1.82, 2.24) is 14.5 Å². The Hall–Kier alpha value is -2.40. The largest absolute Gasteiger partial charge is 0.396 e. The molecule has 0 aliphatic heterocycles. The van der Waals surface area contributed by atoms with Gasteiger partial charge in [-0.1, -0.05) is 0 Å². The fraction of sp³-hybridized carbons (Fsp3) is 0.250. The summed E-state index contributed by atoms with van der Waals surface area (Å²) in [4.78, 5) is 18.4. The number of imidazole rings is 1. The van der Waals surface area contributed by atoms with Gasteiger partial charge in [-0.2, -0.15) is 5.26 Å². The lowest BCUT2D eigenvalue weighted by molar-refractivity contribution is -0.392. The molecule has 0 atom stereocenters. The van der Waals surface area contributed by atoms with Gasteiger partial charge in [0.15, 0.2) is 5.03 Å². The van der Waals surface area contributed by atoms with Crippen molar-refractivity contribution in [1.29, 1.82) is 5.26 Å². The molecule has 0 N–H and O–H groups in total. The van der Waals surface area contributed by atoms with Gasteiger partial charge >= 0.3 is 5.82 Å². The highest BCUT2D eigenvalue weighted by atomic mass is 32.2. The number of aromatic nitrogens is 3. The number of hydrogen-bond donors (Lipinski definition) is 0. The SMILES string of the molecule is Cc1cc(C)c(C#N)c(Sc2c([N+](=O)[O-])ncn2C)n1. The van der Waals surface area contributed by atoms with Crippen LogP contribution < -0.4 is 0 Å². The molecule has 2 aromatic heterocycles. The summed E-state index contributed by atoms with van der Waals surface area (Å²) in [5.41, 5.74) is 1.98. The van der Waals surface area contributed by atoms with Crippen molar-refractivity contribution in [3.05, 3.63) is 39.3 Å². The van der Waals surface area contributed by atoms with Crippen LogP contribution in [-0.4, -0.2) is 19.5 Å². The van der Waals surface area contributed by atoms with Crippen LogP contribution in [0.15, 0.2) is 22.4 Å². The number of nitriles is 1. The van der Waals surface area contributed by atoms with Crippen LogP contribution in [0, 0.1) is 35.3 Å². The van der Waals surface area contributed by atoms with Gasteiger partial charge in [0.2, 0.25) is 6.33 Å². The van der Waals surface area contributed by atoms with Crippen LogP contribution in [0.1, 0.15) is 16.8 Å². The molecule has 0 amide bonds. The molecule has 0 aliphatic carbocycles. The quantitative estimate of drug-likeness (QED) is 0.635. The van der Waals surface area contributed by atoms with E-state index in [1.807, 2.05) is 13.8 Å². The molecule has 0 bridgehead atoms. The predicted octanol–water partition coefficient (Wildman–Crippen LogP) is 2.36. The predicted molar refractivity (Wildman–Crippen MR) is 72.4 cm³/mol. The third-order valence-electron chi connectivity index (χ3n) is 2.65. The zero-order valence-electron chi connectivity index (χ0n) is 11.1. The molecule has 102 valence electrons. The topological polar surface area (TPSA) is 97.6 Å². The number of nitrogens with zero attached hydrogens (tertiary/aromatic N) is 5. The minimum atomic E-state index is -0.545. The molecule has 0 aromatic carbocycles. The highest BCUT2D eigenvalue weighted by Gasteiger charge is 2.23. The molecule has 2 heterocycles. The minimum Gasteiger partial charge on any atom is -0.358 e. The van der Waals surface area contributed by atoms with E-state index in [-0.39, 0.29) is 5.82 Å². The lowest BCUT2D eigenvalue weighted by atomic mass is 10.1. The standard InChI is InChI=1S/C12H11N5O2S/c1-7-4-8(2)15-11(9(7)5-13)20-12-10(17(18)19)14-6-16(12)3/h4,6H,1-3H3. The molecule has 2 rings (SSSR count). The fourth-order valence-electron chi connectivity index (χ4n) is 1.75. The molecule has 0 radical (unpaired) electrons. The van der Waals surface area contributed by atoms with Crippen molar-refractivity contribution in [2.45, 2.75) is 23.9 Å². The van der Waals surface area contributed by atoms with Crippen LogP contribution >= 0.6 is 11.8 Å². The molecular weight excluding hydrogens is 278 g/mol. The fourth-order valence-corrected chi connectivity index (χ4v) is 2.84. The van der Waals surface area contributed by atoms with E-state index in [4.69, 9.17) is 0 Å². The molecule has 0 aliphatic rings. The summed E-state index contributed by atoms with van der Waals surface area (Å²) in [6.07, 6.45) is 1.37. The number of aryl methyl sites for hydroxylation is 3. The van der Waals surface area contributed by atoms with Gasteiger partial charge in [-0.05, 0) is 47.1 Å². The van der Waals surface area contributed by atoms with Gasteiger partial charge in [-0.3, -0.25) is 0 Å². The average Bonchev–Trinajstić information content (AvgIpc) is 2.71. The Morgan fingerprint density at radius 1 is 1.50 bits per heavy atom. The van der Waals surface area contributed by atoms with E-state index in [0.717, 1.165) is 23.0 Å². The number of rotatable bonds is 3. The molecule has 0 unspecified atom stereocenters. The van der Waals surface area contributed by atoms with Gasteiger partial charge < -0.3 is 14.7 Å². The zero-order valence-corrected chi connectivity index (χ0v) is 11.9. The van der Waals surface area contributed by atoms with Gasteiger partial charge in [0.05, 0.1) is 5.56 Å². The maximum absolute atomic E-state index is 10.9. The molecule has 20 heavy (non-hydrogen) atoms. The molecule has 0 spiro atoms. The molecule has 0 saturated carbocycles. The zero-order chi connectivity index (χ0) is 14.9. The van der Waals surface area contributed by atoms with Gasteiger partial charge in [0.1, 0.15) is 11.1 Å². The van der Waals surface area contributed by atoms with Crippen molar-refractivity contribution < 1.29 is 4.92 Å². The van der Waals surface area contributed by atoms with E-state index < -0.39 is 4.92 Å². The number of hydrogen-bond acceptors (Lipinski definition) is 6. The Morgan fingerprint density at radius 3 is 2.80 bits per heavy atom. The summed E-state index contributed by atoms with van der Waals surface area (Å²) < 4.78 is 1.54. The molecule has 7 nitrogen and oxygen atoms in total. The minimum absolute atomic E-state index is 0.234. The Balaban J connectivity index is 2.54. The third-order valence-corrected chi connectivity index (χ3v) is 3.81. The second-order valence-electron chi connectivity index (χ2n) is 4.22. The summed E-state index contributed by atoms with van der Waals surface area (Å²) in [6.45, 7) is 3.63. The van der Waals surface area contributed by atoms with Crippen molar-refractivity contribution in [2.24, 2.45) is 7.05 Å². The first-order valence-electron chi connectivity index (χ1n) is 5.66. The van der Waals surface area contributed by atoms with Crippen LogP contribution in [0.4, 0.5) is 5.82 Å². The number of pyridine rings is 1. The lowest BCUT2D eigenvalue weighted by Crippen LogP contribution is -1.98. The average molecular weight is 289 g/mol. The van der Waals surface area contributed by atoms with E-state index >= 15 is 0 Å². The Kier molecular flexibility index (Phi) is 3.72. The van der Waals surface area contributed by atoms with Crippen LogP contribution in [0.25, 0.3) is 0 Å². The number of nitro groups is 1. The molecular formula is C12H11N5O2S. The summed E-state index contributed by atoms with van der Waals surface area (Å²) >= 11 is 1.08. The van der Waals surface area contributed by atoms with Crippen LogP contribution in [-0.2, 0) is 7.05 Å². The molecule has 0 fully saturated rings. The second-order valence-corrected chi connectivity index (χ2v) is 5.19. The molecule has 2 aromatic rings. The first-order chi connectivity index (χ1) is 9.43. The Labute approximate surface area is 119 Å². The van der Waals surface area contributed by atoms with Crippen molar-refractivity contribution in [3.8, 4) is 6.07 Å². The van der Waals surface area contributed by atoms with E-state index in [0.29, 0.717) is 15.6 Å². The maximum Gasteiger partial charge on any atom is 0.396 e. The van der Waals surface area contributed by atoms with Gasteiger partial charge in [0, 0.05) is 12.7 Å². The lowest BCUT2D eigenvalue weighted by Gasteiger charge is -2.07. The maximum atomic E-state index is 10.9. The Bertz CT molecular complexity index is 732. The summed E-state index contributed by atoms with van der Waals surface area (Å²) in [5, 5.41) is 21.0. The first-order valence-corrected chi connectivity index (χ1v) is 6.47. The van der Waals surface area contributed by atoms with Crippen LogP contribution in [0.3, 0.4) is 0 Å². The normalized spacial score (nSPS) is 10.3. The van der Waals surface area contributed by atoms with Crippen molar-refractivity contribution in [3.63, 3.8) is 0 Å². The monoisotopic (exact) mass is 289 g/mol. The first kappa shape index (κ1) is 14.0.